The first kappa shape index (κ1) is 13.8. The molecule has 0 aromatic heterocycles. The number of rotatable bonds is 7. The molecule has 15 heavy (non-hydrogen) atoms. The molecular formula is C8H14O7. The van der Waals surface area contributed by atoms with Gasteiger partial charge >= 0.3 is 5.97 Å². The lowest BCUT2D eigenvalue weighted by Crippen LogP contribution is -2.37. The van der Waals surface area contributed by atoms with Crippen LogP contribution in [0.25, 0.3) is 0 Å². The Labute approximate surface area is 86.2 Å². The Morgan fingerprint density at radius 1 is 1.47 bits per heavy atom. The Morgan fingerprint density at radius 2 is 2.07 bits per heavy atom. The molecular weight excluding hydrogens is 208 g/mol. The van der Waals surface area contributed by atoms with Crippen LogP contribution in [0, 0.1) is 0 Å². The third kappa shape index (κ3) is 5.31. The van der Waals surface area contributed by atoms with Crippen LogP contribution in [0.1, 0.15) is 6.92 Å². The summed E-state index contributed by atoms with van der Waals surface area (Å²) >= 11 is 0. The summed E-state index contributed by atoms with van der Waals surface area (Å²) in [6, 6.07) is 0. The first-order chi connectivity index (χ1) is 7.02. The highest BCUT2D eigenvalue weighted by Gasteiger charge is 2.27. The summed E-state index contributed by atoms with van der Waals surface area (Å²) in [5.41, 5.74) is 0. The number of esters is 1. The second kappa shape index (κ2) is 7.16. The lowest BCUT2D eigenvalue weighted by molar-refractivity contribution is -0.170. The van der Waals surface area contributed by atoms with Gasteiger partial charge in [0.2, 0.25) is 6.10 Å². The van der Waals surface area contributed by atoms with Crippen LogP contribution in [0.15, 0.2) is 0 Å². The maximum atomic E-state index is 11.1. The zero-order valence-corrected chi connectivity index (χ0v) is 8.20. The van der Waals surface area contributed by atoms with Crippen LogP contribution in [0.2, 0.25) is 0 Å². The first-order valence-electron chi connectivity index (χ1n) is 4.25. The molecule has 0 bridgehead atoms. The molecule has 0 spiro atoms. The third-order valence-electron chi connectivity index (χ3n) is 1.50. The lowest BCUT2D eigenvalue weighted by Gasteiger charge is -2.17. The first-order valence-corrected chi connectivity index (χ1v) is 4.25. The van der Waals surface area contributed by atoms with Gasteiger partial charge in [-0.05, 0) is 6.92 Å². The predicted molar refractivity (Wildman–Crippen MR) is 46.7 cm³/mol. The lowest BCUT2D eigenvalue weighted by atomic mass is 10.2. The molecule has 3 unspecified atom stereocenters. The van der Waals surface area contributed by atoms with Gasteiger partial charge in [-0.15, -0.1) is 0 Å². The van der Waals surface area contributed by atoms with Crippen molar-refractivity contribution in [1.82, 2.24) is 0 Å². The smallest absolute Gasteiger partial charge is 0.350 e. The average Bonchev–Trinajstić information content (AvgIpc) is 2.21. The van der Waals surface area contributed by atoms with Gasteiger partial charge < -0.3 is 24.8 Å². The summed E-state index contributed by atoms with van der Waals surface area (Å²) < 4.78 is 8.76. The van der Waals surface area contributed by atoms with E-state index >= 15 is 0 Å². The van der Waals surface area contributed by atoms with Gasteiger partial charge in [-0.1, -0.05) is 0 Å². The molecule has 0 saturated carbocycles. The van der Waals surface area contributed by atoms with Gasteiger partial charge in [0.25, 0.3) is 6.47 Å². The van der Waals surface area contributed by atoms with Crippen molar-refractivity contribution in [2.45, 2.75) is 25.2 Å². The van der Waals surface area contributed by atoms with Crippen molar-refractivity contribution in [3.8, 4) is 0 Å². The monoisotopic (exact) mass is 222 g/mol. The number of aliphatic hydroxyl groups is 3. The van der Waals surface area contributed by atoms with Gasteiger partial charge in [0, 0.05) is 0 Å². The number of carbonyl (C=O) groups excluding carboxylic acids is 2. The molecule has 0 aromatic carbocycles. The number of ether oxygens (including phenoxy) is 2. The van der Waals surface area contributed by atoms with E-state index in [0.29, 0.717) is 0 Å². The van der Waals surface area contributed by atoms with Gasteiger partial charge in [0.1, 0.15) is 12.7 Å². The second-order valence-electron chi connectivity index (χ2n) is 2.86. The molecule has 0 saturated heterocycles. The van der Waals surface area contributed by atoms with E-state index in [1.54, 1.807) is 0 Å². The average molecular weight is 222 g/mol. The fraction of sp³-hybridized carbons (Fsp3) is 0.750. The van der Waals surface area contributed by atoms with Crippen molar-refractivity contribution >= 4 is 12.4 Å². The van der Waals surface area contributed by atoms with Gasteiger partial charge in [-0.3, -0.25) is 4.79 Å². The highest BCUT2D eigenvalue weighted by atomic mass is 16.6. The normalized spacial score (nSPS) is 16.3. The van der Waals surface area contributed by atoms with Crippen molar-refractivity contribution in [2.75, 3.05) is 13.2 Å². The second-order valence-corrected chi connectivity index (χ2v) is 2.86. The fourth-order valence-electron chi connectivity index (χ4n) is 0.739. The molecule has 0 aromatic rings. The van der Waals surface area contributed by atoms with Crippen LogP contribution in [0.3, 0.4) is 0 Å². The van der Waals surface area contributed by atoms with Crippen molar-refractivity contribution in [2.24, 2.45) is 0 Å². The van der Waals surface area contributed by atoms with E-state index in [-0.39, 0.29) is 6.47 Å². The van der Waals surface area contributed by atoms with Crippen LogP contribution in [-0.4, -0.2) is 59.3 Å². The maximum Gasteiger partial charge on any atom is 0.350 e. The largest absolute Gasteiger partial charge is 0.460 e. The van der Waals surface area contributed by atoms with Gasteiger partial charge in [-0.25, -0.2) is 4.79 Å². The van der Waals surface area contributed by atoms with E-state index < -0.39 is 37.5 Å². The highest BCUT2D eigenvalue weighted by Crippen LogP contribution is 2.01. The molecule has 7 heteroatoms. The summed E-state index contributed by atoms with van der Waals surface area (Å²) in [5, 5.41) is 26.3. The Kier molecular flexibility index (Phi) is 6.59. The molecule has 3 N–H and O–H groups in total. The standard InChI is InChI=1S/C8H14O7/c1-5(11)7(15-4-10)8(13)14-3-6(12)2-9/h4-7,9,11-12H,2-3H2,1H3. The Hall–Kier alpha value is -1.18. The van der Waals surface area contributed by atoms with Gasteiger partial charge in [-0.2, -0.15) is 0 Å². The molecule has 0 rings (SSSR count). The predicted octanol–water partition coefficient (Wildman–Crippen LogP) is -2.19. The summed E-state index contributed by atoms with van der Waals surface area (Å²) in [5.74, 6) is -0.982. The Morgan fingerprint density at radius 3 is 2.47 bits per heavy atom. The van der Waals surface area contributed by atoms with Crippen LogP contribution in [0.4, 0.5) is 0 Å². The molecule has 7 nitrogen and oxygen atoms in total. The van der Waals surface area contributed by atoms with E-state index in [2.05, 4.69) is 9.47 Å². The molecule has 0 aliphatic rings. The zero-order valence-electron chi connectivity index (χ0n) is 8.20. The minimum atomic E-state index is -1.42. The molecule has 0 aliphatic carbocycles. The third-order valence-corrected chi connectivity index (χ3v) is 1.50. The van der Waals surface area contributed by atoms with Crippen molar-refractivity contribution in [1.29, 1.82) is 0 Å². The quantitative estimate of drug-likeness (QED) is 0.331. The van der Waals surface area contributed by atoms with Crippen LogP contribution in [-0.2, 0) is 19.1 Å². The van der Waals surface area contributed by atoms with Crippen molar-refractivity contribution in [3.05, 3.63) is 0 Å². The molecule has 0 heterocycles. The van der Waals surface area contributed by atoms with Crippen LogP contribution >= 0.6 is 0 Å². The van der Waals surface area contributed by atoms with Crippen molar-refractivity contribution < 1.29 is 34.4 Å². The van der Waals surface area contributed by atoms with E-state index in [1.165, 1.54) is 6.92 Å². The summed E-state index contributed by atoms with van der Waals surface area (Å²) in [6.07, 6.45) is -3.83. The molecule has 3 atom stereocenters. The number of hydrogen-bond donors (Lipinski definition) is 3. The number of carbonyl (C=O) groups is 2. The SMILES string of the molecule is CC(O)C(OC=O)C(=O)OCC(O)CO. The van der Waals surface area contributed by atoms with E-state index in [9.17, 15) is 9.59 Å². The van der Waals surface area contributed by atoms with Crippen LogP contribution < -0.4 is 0 Å². The topological polar surface area (TPSA) is 113 Å². The van der Waals surface area contributed by atoms with Crippen molar-refractivity contribution in [3.63, 3.8) is 0 Å². The minimum absolute atomic E-state index is 0.0150. The van der Waals surface area contributed by atoms with E-state index in [4.69, 9.17) is 15.3 Å². The summed E-state index contributed by atoms with van der Waals surface area (Å²) in [6.45, 7) is 0.279. The molecule has 0 fully saturated rings. The van der Waals surface area contributed by atoms with Gasteiger partial charge in [0.05, 0.1) is 12.7 Å². The molecule has 0 amide bonds. The van der Waals surface area contributed by atoms with E-state index in [1.807, 2.05) is 0 Å². The van der Waals surface area contributed by atoms with Crippen LogP contribution in [0.5, 0.6) is 0 Å². The molecule has 0 aliphatic heterocycles. The molecule has 0 radical (unpaired) electrons. The van der Waals surface area contributed by atoms with E-state index in [0.717, 1.165) is 0 Å². The number of hydrogen-bond acceptors (Lipinski definition) is 7. The highest BCUT2D eigenvalue weighted by molar-refractivity contribution is 5.76. The maximum absolute atomic E-state index is 11.1. The molecule has 88 valence electrons. The Bertz CT molecular complexity index is 203. The summed E-state index contributed by atoms with van der Waals surface area (Å²) in [4.78, 5) is 21.1. The number of aliphatic hydroxyl groups excluding tert-OH is 3. The minimum Gasteiger partial charge on any atom is -0.460 e. The summed E-state index contributed by atoms with van der Waals surface area (Å²) in [7, 11) is 0. The zero-order chi connectivity index (χ0) is 11.8. The Balaban J connectivity index is 4.08. The fourth-order valence-corrected chi connectivity index (χ4v) is 0.739. The van der Waals surface area contributed by atoms with Gasteiger partial charge in [0.15, 0.2) is 0 Å².